The van der Waals surface area contributed by atoms with E-state index in [2.05, 4.69) is 15.4 Å². The number of imidazole rings is 1. The van der Waals surface area contributed by atoms with Gasteiger partial charge in [0, 0.05) is 29.0 Å². The lowest BCUT2D eigenvalue weighted by atomic mass is 10.1. The van der Waals surface area contributed by atoms with Crippen LogP contribution in [0.5, 0.6) is 0 Å². The Balaban J connectivity index is 2.03. The van der Waals surface area contributed by atoms with Crippen LogP contribution in [0, 0.1) is 0 Å². The molecule has 0 bridgehead atoms. The minimum atomic E-state index is -4.66. The van der Waals surface area contributed by atoms with E-state index >= 15 is 0 Å². The number of nitrogens with zero attached hydrogens (tertiary/aromatic N) is 3. The Bertz CT molecular complexity index is 1320. The molecule has 0 saturated heterocycles. The molecule has 0 aliphatic heterocycles. The van der Waals surface area contributed by atoms with E-state index in [1.807, 2.05) is 0 Å². The molecular weight excluding hydrogens is 512 g/mol. The maximum atomic E-state index is 13.1. The van der Waals surface area contributed by atoms with Crippen LogP contribution in [0.25, 0.3) is 22.3 Å². The van der Waals surface area contributed by atoms with Crippen LogP contribution in [0.1, 0.15) is 17.6 Å². The number of hydrogen-bond donors (Lipinski definition) is 1. The molecule has 0 fully saturated rings. The lowest BCUT2D eigenvalue weighted by molar-refractivity contribution is -0.138. The highest BCUT2D eigenvalue weighted by molar-refractivity contribution is 7.90. The monoisotopic (exact) mass is 526 g/mol. The van der Waals surface area contributed by atoms with Crippen molar-refractivity contribution in [2.24, 2.45) is 0 Å². The number of rotatable bonds is 6. The van der Waals surface area contributed by atoms with E-state index < -0.39 is 33.0 Å². The molecular formula is C18H15Cl2F3N4O3S2. The first-order chi connectivity index (χ1) is 14.7. The highest BCUT2D eigenvalue weighted by atomic mass is 35.5. The summed E-state index contributed by atoms with van der Waals surface area (Å²) in [6.45, 7) is 1.51. The van der Waals surface area contributed by atoms with E-state index in [-0.39, 0.29) is 27.1 Å². The zero-order chi connectivity index (χ0) is 23.8. The molecule has 1 atom stereocenters. The smallest absolute Gasteiger partial charge is 0.349 e. The number of amides is 1. The number of carbonyl (C=O) groups is 1. The summed E-state index contributed by atoms with van der Waals surface area (Å²) in [5.41, 5.74) is 0.669. The van der Waals surface area contributed by atoms with Crippen LogP contribution in [0.15, 0.2) is 24.3 Å². The molecule has 32 heavy (non-hydrogen) atoms. The van der Waals surface area contributed by atoms with Gasteiger partial charge in [-0.2, -0.15) is 13.2 Å². The number of alkyl halides is 3. The molecule has 2 aromatic heterocycles. The van der Waals surface area contributed by atoms with Crippen molar-refractivity contribution in [3.8, 4) is 11.3 Å². The van der Waals surface area contributed by atoms with Crippen molar-refractivity contribution in [2.45, 2.75) is 19.1 Å². The van der Waals surface area contributed by atoms with E-state index in [1.54, 1.807) is 6.07 Å². The molecule has 3 aromatic rings. The first kappa shape index (κ1) is 24.5. The van der Waals surface area contributed by atoms with Crippen LogP contribution in [-0.4, -0.2) is 47.0 Å². The lowest BCUT2D eigenvalue weighted by Crippen LogP contribution is -2.36. The largest absolute Gasteiger partial charge is 0.445 e. The van der Waals surface area contributed by atoms with Gasteiger partial charge in [0.25, 0.3) is 0 Å². The van der Waals surface area contributed by atoms with Crippen molar-refractivity contribution in [3.05, 3.63) is 45.0 Å². The number of aromatic nitrogens is 3. The highest BCUT2D eigenvalue weighted by Gasteiger charge is 2.36. The third kappa shape index (κ3) is 5.80. The predicted octanol–water partition coefficient (Wildman–Crippen LogP) is 4.35. The summed E-state index contributed by atoms with van der Waals surface area (Å²) in [7, 11) is -3.31. The standard InChI is InChI=1S/C18H15Cl2F3N4O3S2/c1-9(8-32(2,29)30)24-14(28)6-5-13-15(11-4-3-10(19)7-12(11)20)25-17-27(13)26-16(31-17)18(21,22)23/h3-7,9H,8H2,1-2H3,(H,24,28)/b6-5+/t9-/m0/s1. The predicted molar refractivity (Wildman–Crippen MR) is 118 cm³/mol. The van der Waals surface area contributed by atoms with Crippen LogP contribution in [0.3, 0.4) is 0 Å². The van der Waals surface area contributed by atoms with Crippen LogP contribution in [-0.2, 0) is 20.8 Å². The number of nitrogens with one attached hydrogen (secondary N) is 1. The molecule has 2 heterocycles. The van der Waals surface area contributed by atoms with E-state index in [0.29, 0.717) is 21.9 Å². The average Bonchev–Trinajstić information content (AvgIpc) is 3.16. The van der Waals surface area contributed by atoms with Gasteiger partial charge in [-0.3, -0.25) is 4.79 Å². The van der Waals surface area contributed by atoms with E-state index in [9.17, 15) is 26.4 Å². The fraction of sp³-hybridized carbons (Fsp3) is 0.278. The van der Waals surface area contributed by atoms with Crippen LogP contribution >= 0.6 is 34.5 Å². The number of benzene rings is 1. The topological polar surface area (TPSA) is 93.4 Å². The maximum Gasteiger partial charge on any atom is 0.445 e. The Morgan fingerprint density at radius 3 is 2.62 bits per heavy atom. The quantitative estimate of drug-likeness (QED) is 0.482. The number of fused-ring (bicyclic) bond motifs is 1. The molecule has 3 rings (SSSR count). The molecule has 172 valence electrons. The second-order valence-corrected chi connectivity index (χ2v) is 10.9. The molecule has 0 spiro atoms. The van der Waals surface area contributed by atoms with Crippen LogP contribution in [0.2, 0.25) is 10.0 Å². The van der Waals surface area contributed by atoms with Gasteiger partial charge in [-0.1, -0.05) is 34.5 Å². The Morgan fingerprint density at radius 1 is 1.34 bits per heavy atom. The highest BCUT2D eigenvalue weighted by Crippen LogP contribution is 2.37. The fourth-order valence-corrected chi connectivity index (χ4v) is 5.11. The van der Waals surface area contributed by atoms with Gasteiger partial charge >= 0.3 is 6.18 Å². The van der Waals surface area contributed by atoms with Crippen molar-refractivity contribution in [3.63, 3.8) is 0 Å². The third-order valence-electron chi connectivity index (χ3n) is 4.00. The van der Waals surface area contributed by atoms with Gasteiger partial charge in [-0.05, 0) is 31.2 Å². The van der Waals surface area contributed by atoms with Crippen molar-refractivity contribution < 1.29 is 26.4 Å². The van der Waals surface area contributed by atoms with Gasteiger partial charge in [0.2, 0.25) is 15.9 Å². The molecule has 1 aromatic carbocycles. The number of carbonyl (C=O) groups excluding carboxylic acids is 1. The van der Waals surface area contributed by atoms with Gasteiger partial charge in [0.05, 0.1) is 16.5 Å². The minimum absolute atomic E-state index is 0.0520. The van der Waals surface area contributed by atoms with Gasteiger partial charge < -0.3 is 5.32 Å². The first-order valence-corrected chi connectivity index (χ1v) is 12.5. The third-order valence-corrected chi connectivity index (χ3v) is 6.61. The van der Waals surface area contributed by atoms with Crippen molar-refractivity contribution >= 4 is 61.3 Å². The Hall–Kier alpha value is -2.15. The van der Waals surface area contributed by atoms with E-state index in [4.69, 9.17) is 23.2 Å². The van der Waals surface area contributed by atoms with E-state index in [0.717, 1.165) is 16.8 Å². The lowest BCUT2D eigenvalue weighted by Gasteiger charge is -2.10. The number of hydrogen-bond acceptors (Lipinski definition) is 6. The second kappa shape index (κ2) is 9.00. The number of sulfone groups is 1. The minimum Gasteiger partial charge on any atom is -0.349 e. The normalized spacial score (nSPS) is 13.7. The molecule has 7 nitrogen and oxygen atoms in total. The molecule has 0 saturated carbocycles. The fourth-order valence-electron chi connectivity index (χ4n) is 2.85. The molecule has 1 amide bonds. The molecule has 0 aliphatic carbocycles. The number of halogens is 5. The van der Waals surface area contributed by atoms with E-state index in [1.165, 1.54) is 25.1 Å². The zero-order valence-electron chi connectivity index (χ0n) is 16.4. The van der Waals surface area contributed by atoms with Crippen LogP contribution in [0.4, 0.5) is 13.2 Å². The summed E-state index contributed by atoms with van der Waals surface area (Å²) in [5, 5.41) is 5.52. The summed E-state index contributed by atoms with van der Waals surface area (Å²) in [6.07, 6.45) is -1.33. The summed E-state index contributed by atoms with van der Waals surface area (Å²) in [6, 6.07) is 3.87. The SMILES string of the molecule is C[C@@H](CS(C)(=O)=O)NC(=O)/C=C/c1c(-c2ccc(Cl)cc2Cl)nc2sc(C(F)(F)F)nn12. The summed E-state index contributed by atoms with van der Waals surface area (Å²) < 4.78 is 63.0. The van der Waals surface area contributed by atoms with Gasteiger partial charge in [0.1, 0.15) is 15.5 Å². The Labute approximate surface area is 194 Å². The molecule has 0 unspecified atom stereocenters. The maximum absolute atomic E-state index is 13.1. The van der Waals surface area contributed by atoms with Gasteiger partial charge in [-0.15, -0.1) is 5.10 Å². The van der Waals surface area contributed by atoms with Gasteiger partial charge in [-0.25, -0.2) is 17.9 Å². The van der Waals surface area contributed by atoms with Crippen molar-refractivity contribution in [1.29, 1.82) is 0 Å². The van der Waals surface area contributed by atoms with Crippen molar-refractivity contribution in [1.82, 2.24) is 19.9 Å². The molecule has 1 N–H and O–H groups in total. The van der Waals surface area contributed by atoms with Gasteiger partial charge in [0.15, 0.2) is 0 Å². The Kier molecular flexibility index (Phi) is 6.89. The summed E-state index contributed by atoms with van der Waals surface area (Å²) >= 11 is 12.5. The average molecular weight is 527 g/mol. The Morgan fingerprint density at radius 2 is 2.03 bits per heavy atom. The zero-order valence-corrected chi connectivity index (χ0v) is 19.6. The first-order valence-electron chi connectivity index (χ1n) is 8.83. The summed E-state index contributed by atoms with van der Waals surface area (Å²) in [5.74, 6) is -0.911. The summed E-state index contributed by atoms with van der Waals surface area (Å²) in [4.78, 5) is 16.4. The molecule has 0 aliphatic rings. The van der Waals surface area contributed by atoms with Crippen molar-refractivity contribution in [2.75, 3.05) is 12.0 Å². The molecule has 0 radical (unpaired) electrons. The second-order valence-electron chi connectivity index (χ2n) is 6.90. The molecule has 14 heteroatoms. The van der Waals surface area contributed by atoms with Crippen LogP contribution < -0.4 is 5.32 Å².